The van der Waals surface area contributed by atoms with Gasteiger partial charge in [-0.3, -0.25) is 4.98 Å². The molecule has 1 unspecified atom stereocenters. The monoisotopic (exact) mass is 176 g/mol. The third-order valence-corrected chi connectivity index (χ3v) is 2.67. The number of hydrogen-bond acceptors (Lipinski definition) is 2. The second kappa shape index (κ2) is 3.88. The van der Waals surface area contributed by atoms with Crippen LogP contribution in [0, 0.1) is 0 Å². The lowest BCUT2D eigenvalue weighted by atomic mass is 10.1. The molecule has 1 aromatic heterocycles. The molecule has 1 N–H and O–H groups in total. The van der Waals surface area contributed by atoms with Crippen LogP contribution in [0.2, 0.25) is 0 Å². The van der Waals surface area contributed by atoms with Gasteiger partial charge in [-0.2, -0.15) is 0 Å². The molecule has 0 aliphatic carbocycles. The second-order valence-corrected chi connectivity index (χ2v) is 3.59. The Kier molecular flexibility index (Phi) is 2.60. The zero-order chi connectivity index (χ0) is 9.10. The summed E-state index contributed by atoms with van der Waals surface area (Å²) in [6, 6.07) is 4.89. The fourth-order valence-corrected chi connectivity index (χ4v) is 1.82. The van der Waals surface area contributed by atoms with Crippen LogP contribution in [0.1, 0.15) is 37.1 Å². The Bertz CT molecular complexity index is 260. The molecule has 0 amide bonds. The van der Waals surface area contributed by atoms with E-state index in [1.54, 1.807) is 0 Å². The second-order valence-electron chi connectivity index (χ2n) is 3.59. The third-order valence-electron chi connectivity index (χ3n) is 2.67. The first-order valence-corrected chi connectivity index (χ1v) is 5.08. The van der Waals surface area contributed by atoms with E-state index < -0.39 is 0 Å². The maximum absolute atomic E-state index is 4.40. The van der Waals surface area contributed by atoms with Gasteiger partial charge in [0.15, 0.2) is 0 Å². The lowest BCUT2D eigenvalue weighted by Gasteiger charge is -2.09. The van der Waals surface area contributed by atoms with Gasteiger partial charge in [-0.1, -0.05) is 13.0 Å². The molecule has 0 bridgehead atoms. The van der Waals surface area contributed by atoms with E-state index in [0.29, 0.717) is 6.04 Å². The largest absolute Gasteiger partial charge is 0.310 e. The van der Waals surface area contributed by atoms with Gasteiger partial charge in [-0.05, 0) is 37.4 Å². The molecule has 0 saturated carbocycles. The molecule has 0 radical (unpaired) electrons. The minimum atomic E-state index is 0.554. The van der Waals surface area contributed by atoms with Gasteiger partial charge >= 0.3 is 0 Å². The molecule has 1 aliphatic heterocycles. The summed E-state index contributed by atoms with van der Waals surface area (Å²) in [6.45, 7) is 3.29. The molecule has 2 nitrogen and oxygen atoms in total. The average molecular weight is 176 g/mol. The van der Waals surface area contributed by atoms with E-state index in [0.717, 1.165) is 13.0 Å². The number of aryl methyl sites for hydroxylation is 1. The van der Waals surface area contributed by atoms with Crippen LogP contribution >= 0.6 is 0 Å². The first-order valence-electron chi connectivity index (χ1n) is 5.08. The van der Waals surface area contributed by atoms with E-state index in [1.807, 2.05) is 6.20 Å². The first kappa shape index (κ1) is 8.70. The summed E-state index contributed by atoms with van der Waals surface area (Å²) < 4.78 is 0. The standard InChI is InChI=1S/C11H16N2/c1-2-10-6-5-9(8-13-10)11-4-3-7-12-11/h5-6,8,11-12H,2-4,7H2,1H3. The summed E-state index contributed by atoms with van der Waals surface area (Å²) in [6.07, 6.45) is 5.59. The van der Waals surface area contributed by atoms with Crippen molar-refractivity contribution in [3.05, 3.63) is 29.6 Å². The quantitative estimate of drug-likeness (QED) is 0.746. The maximum Gasteiger partial charge on any atom is 0.0401 e. The molecule has 2 heterocycles. The number of nitrogens with one attached hydrogen (secondary N) is 1. The van der Waals surface area contributed by atoms with E-state index in [2.05, 4.69) is 29.4 Å². The summed E-state index contributed by atoms with van der Waals surface area (Å²) in [4.78, 5) is 4.40. The Hall–Kier alpha value is -0.890. The van der Waals surface area contributed by atoms with Crippen molar-refractivity contribution in [1.82, 2.24) is 10.3 Å². The van der Waals surface area contributed by atoms with Crippen LogP contribution in [0.5, 0.6) is 0 Å². The van der Waals surface area contributed by atoms with E-state index >= 15 is 0 Å². The predicted octanol–water partition coefficient (Wildman–Crippen LogP) is 2.07. The van der Waals surface area contributed by atoms with Gasteiger partial charge in [0.05, 0.1) is 0 Å². The normalized spacial score (nSPS) is 22.1. The van der Waals surface area contributed by atoms with Gasteiger partial charge in [0.2, 0.25) is 0 Å². The molecule has 1 aromatic rings. The van der Waals surface area contributed by atoms with Crippen molar-refractivity contribution in [2.75, 3.05) is 6.54 Å². The maximum atomic E-state index is 4.40. The van der Waals surface area contributed by atoms with Crippen LogP contribution in [0.4, 0.5) is 0 Å². The predicted molar refractivity (Wildman–Crippen MR) is 53.6 cm³/mol. The Labute approximate surface area is 79.4 Å². The highest BCUT2D eigenvalue weighted by atomic mass is 14.9. The van der Waals surface area contributed by atoms with Crippen molar-refractivity contribution in [3.8, 4) is 0 Å². The van der Waals surface area contributed by atoms with E-state index in [-0.39, 0.29) is 0 Å². The molecule has 2 rings (SSSR count). The van der Waals surface area contributed by atoms with Crippen molar-refractivity contribution in [3.63, 3.8) is 0 Å². The third kappa shape index (κ3) is 1.89. The molecule has 1 atom stereocenters. The minimum absolute atomic E-state index is 0.554. The zero-order valence-electron chi connectivity index (χ0n) is 8.09. The summed E-state index contributed by atoms with van der Waals surface area (Å²) >= 11 is 0. The molecule has 13 heavy (non-hydrogen) atoms. The van der Waals surface area contributed by atoms with Gasteiger partial charge in [-0.15, -0.1) is 0 Å². The highest BCUT2D eigenvalue weighted by molar-refractivity contribution is 5.18. The average Bonchev–Trinajstić information content (AvgIpc) is 2.71. The Morgan fingerprint density at radius 3 is 3.00 bits per heavy atom. The van der Waals surface area contributed by atoms with Crippen molar-refractivity contribution in [1.29, 1.82) is 0 Å². The smallest absolute Gasteiger partial charge is 0.0401 e. The van der Waals surface area contributed by atoms with Crippen LogP contribution < -0.4 is 5.32 Å². The lowest BCUT2D eigenvalue weighted by molar-refractivity contribution is 0.644. The molecular formula is C11H16N2. The Balaban J connectivity index is 2.12. The molecular weight excluding hydrogens is 160 g/mol. The molecule has 2 heteroatoms. The van der Waals surface area contributed by atoms with Gasteiger partial charge in [0.25, 0.3) is 0 Å². The summed E-state index contributed by atoms with van der Waals surface area (Å²) in [5.41, 5.74) is 2.52. The fraction of sp³-hybridized carbons (Fsp3) is 0.545. The molecule has 70 valence electrons. The van der Waals surface area contributed by atoms with Crippen molar-refractivity contribution in [2.24, 2.45) is 0 Å². The zero-order valence-corrected chi connectivity index (χ0v) is 8.09. The highest BCUT2D eigenvalue weighted by Gasteiger charge is 2.15. The number of hydrogen-bond donors (Lipinski definition) is 1. The first-order chi connectivity index (χ1) is 6.40. The van der Waals surface area contributed by atoms with Crippen molar-refractivity contribution < 1.29 is 0 Å². The Morgan fingerprint density at radius 2 is 2.46 bits per heavy atom. The molecule has 1 saturated heterocycles. The fourth-order valence-electron chi connectivity index (χ4n) is 1.82. The number of pyridine rings is 1. The van der Waals surface area contributed by atoms with Gasteiger partial charge in [0, 0.05) is 17.9 Å². The number of rotatable bonds is 2. The minimum Gasteiger partial charge on any atom is -0.310 e. The van der Waals surface area contributed by atoms with Crippen molar-refractivity contribution in [2.45, 2.75) is 32.2 Å². The summed E-state index contributed by atoms with van der Waals surface area (Å²) in [7, 11) is 0. The SMILES string of the molecule is CCc1ccc(C2CCCN2)cn1. The van der Waals surface area contributed by atoms with Gasteiger partial charge < -0.3 is 5.32 Å². The Morgan fingerprint density at radius 1 is 1.54 bits per heavy atom. The molecule has 1 fully saturated rings. The molecule has 0 aromatic carbocycles. The number of aromatic nitrogens is 1. The lowest BCUT2D eigenvalue weighted by Crippen LogP contribution is -2.13. The number of nitrogens with zero attached hydrogens (tertiary/aromatic N) is 1. The van der Waals surface area contributed by atoms with E-state index in [9.17, 15) is 0 Å². The highest BCUT2D eigenvalue weighted by Crippen LogP contribution is 2.21. The van der Waals surface area contributed by atoms with Crippen LogP contribution in [-0.2, 0) is 6.42 Å². The van der Waals surface area contributed by atoms with E-state index in [1.165, 1.54) is 24.1 Å². The van der Waals surface area contributed by atoms with Crippen LogP contribution in [0.25, 0.3) is 0 Å². The van der Waals surface area contributed by atoms with Crippen LogP contribution in [0.3, 0.4) is 0 Å². The topological polar surface area (TPSA) is 24.9 Å². The summed E-state index contributed by atoms with van der Waals surface area (Å²) in [5, 5.41) is 3.47. The van der Waals surface area contributed by atoms with Crippen molar-refractivity contribution >= 4 is 0 Å². The van der Waals surface area contributed by atoms with Gasteiger partial charge in [0.1, 0.15) is 0 Å². The molecule has 0 spiro atoms. The van der Waals surface area contributed by atoms with Crippen LogP contribution in [0.15, 0.2) is 18.3 Å². The summed E-state index contributed by atoms with van der Waals surface area (Å²) in [5.74, 6) is 0. The van der Waals surface area contributed by atoms with Crippen LogP contribution in [-0.4, -0.2) is 11.5 Å². The van der Waals surface area contributed by atoms with Gasteiger partial charge in [-0.25, -0.2) is 0 Å². The molecule has 1 aliphatic rings. The van der Waals surface area contributed by atoms with E-state index in [4.69, 9.17) is 0 Å².